The summed E-state index contributed by atoms with van der Waals surface area (Å²) >= 11 is 3.49. The van der Waals surface area contributed by atoms with Crippen LogP contribution in [0, 0.1) is 0 Å². The fourth-order valence-electron chi connectivity index (χ4n) is 14.8. The lowest BCUT2D eigenvalue weighted by Crippen LogP contribution is -2.00. The molecule has 0 aliphatic heterocycles. The van der Waals surface area contributed by atoms with Gasteiger partial charge in [-0.05, 0) is 127 Å². The van der Waals surface area contributed by atoms with Crippen LogP contribution in [0.2, 0.25) is 0 Å². The number of para-hydroxylation sites is 2. The van der Waals surface area contributed by atoms with Crippen molar-refractivity contribution in [2.24, 2.45) is 0 Å². The summed E-state index contributed by atoms with van der Waals surface area (Å²) in [4.78, 5) is 43.9. The zero-order valence-corrected chi connectivity index (χ0v) is 58.5. The highest BCUT2D eigenvalue weighted by Crippen LogP contribution is 2.46. The van der Waals surface area contributed by atoms with E-state index in [2.05, 4.69) is 328 Å². The third-order valence-corrected chi connectivity index (χ3v) is 22.1. The first-order valence-corrected chi connectivity index (χ1v) is 37.0. The molecule has 0 saturated heterocycles. The van der Waals surface area contributed by atoms with Gasteiger partial charge in [0.15, 0.2) is 34.9 Å². The summed E-state index contributed by atoms with van der Waals surface area (Å²) in [6.07, 6.45) is 0. The molecule has 8 nitrogen and oxygen atoms in total. The molecule has 6 heterocycles. The van der Waals surface area contributed by atoms with Crippen molar-refractivity contribution in [2.75, 3.05) is 0 Å². The number of hydrogen-bond acceptors (Lipinski definition) is 10. The molecule has 0 spiro atoms. The second kappa shape index (κ2) is 26.3. The second-order valence-electron chi connectivity index (χ2n) is 26.5. The van der Waals surface area contributed by atoms with Crippen LogP contribution in [0.4, 0.5) is 0 Å². The van der Waals surface area contributed by atoms with Crippen molar-refractivity contribution >= 4 is 85.1 Å². The van der Waals surface area contributed by atoms with Crippen molar-refractivity contribution in [1.29, 1.82) is 0 Å². The van der Waals surface area contributed by atoms with Crippen molar-refractivity contribution in [3.05, 3.63) is 352 Å². The van der Waals surface area contributed by atoms with E-state index in [0.717, 1.165) is 132 Å². The number of hydrogen-bond donors (Lipinski definition) is 0. The molecule has 0 atom stereocenters. The minimum Gasteiger partial charge on any atom is -0.237 e. The third kappa shape index (κ3) is 11.5. The standard InChI is InChI=1S/C96H58N8S2/c1-3-21-59(22-4-1)60-45-49-63(50-46-60)90-99-91(103-92(102-90)74-34-19-30-70(57-74)67-27-16-32-72(54-67)85-77-37-7-11-41-81(77)97-95-87(85)79-39-9-13-43-83(79)105-95)64-51-47-61(48-52-64)65-25-15-26-66(53-65)69-29-18-35-75(56-69)93-100-89(62-23-5-2-6-24-62)101-94(104-93)76-36-20-31-71(58-76)68-28-17-33-73(55-68)86-78-38-8-12-42-82(78)98-96-88(86)80-40-10-14-44-84(80)106-96/h1-58H. The monoisotopic (exact) mass is 1390 g/mol. The largest absolute Gasteiger partial charge is 0.237 e. The number of rotatable bonds is 13. The maximum Gasteiger partial charge on any atom is 0.164 e. The molecular weight excluding hydrogens is 1330 g/mol. The van der Waals surface area contributed by atoms with E-state index in [4.69, 9.17) is 39.9 Å². The van der Waals surface area contributed by atoms with E-state index in [1.165, 1.54) is 42.1 Å². The van der Waals surface area contributed by atoms with E-state index >= 15 is 0 Å². The summed E-state index contributed by atoms with van der Waals surface area (Å²) in [5, 5.41) is 7.07. The predicted molar refractivity (Wildman–Crippen MR) is 440 cm³/mol. The Labute approximate surface area is 618 Å². The van der Waals surface area contributed by atoms with Crippen LogP contribution in [0.5, 0.6) is 0 Å². The highest BCUT2D eigenvalue weighted by molar-refractivity contribution is 7.26. The summed E-state index contributed by atoms with van der Waals surface area (Å²) in [6, 6.07) is 124. The Morgan fingerprint density at radius 3 is 0.783 bits per heavy atom. The molecule has 0 bridgehead atoms. The number of aromatic nitrogens is 8. The molecule has 0 fully saturated rings. The summed E-state index contributed by atoms with van der Waals surface area (Å²) in [5.74, 6) is 3.51. The second-order valence-corrected chi connectivity index (χ2v) is 28.6. The number of fused-ring (bicyclic) bond motifs is 8. The van der Waals surface area contributed by atoms with Crippen molar-refractivity contribution in [1.82, 2.24) is 39.9 Å². The average Bonchev–Trinajstić information content (AvgIpc) is 1.51. The van der Waals surface area contributed by atoms with Crippen LogP contribution in [0.25, 0.3) is 209 Å². The summed E-state index contributed by atoms with van der Waals surface area (Å²) in [6.45, 7) is 0. The van der Waals surface area contributed by atoms with Gasteiger partial charge in [0.25, 0.3) is 0 Å². The molecule has 10 heteroatoms. The number of benzene rings is 14. The first-order chi connectivity index (χ1) is 52.5. The molecule has 0 N–H and O–H groups in total. The minimum absolute atomic E-state index is 0.576. The zero-order chi connectivity index (χ0) is 70.0. The van der Waals surface area contributed by atoms with E-state index in [1.807, 2.05) is 24.3 Å². The topological polar surface area (TPSA) is 103 Å². The van der Waals surface area contributed by atoms with Crippen molar-refractivity contribution in [3.63, 3.8) is 0 Å². The predicted octanol–water partition coefficient (Wildman–Crippen LogP) is 25.6. The molecule has 0 amide bonds. The number of thiophene rings is 2. The van der Waals surface area contributed by atoms with Gasteiger partial charge in [-0.15, -0.1) is 22.7 Å². The molecule has 6 aromatic heterocycles. The van der Waals surface area contributed by atoms with E-state index in [0.29, 0.717) is 34.9 Å². The average molecular weight is 1390 g/mol. The van der Waals surface area contributed by atoms with Crippen LogP contribution in [0.1, 0.15) is 0 Å². The van der Waals surface area contributed by atoms with Gasteiger partial charge in [0, 0.05) is 86.2 Å². The van der Waals surface area contributed by atoms with Crippen molar-refractivity contribution < 1.29 is 0 Å². The van der Waals surface area contributed by atoms with Gasteiger partial charge in [-0.25, -0.2) is 39.9 Å². The molecule has 14 aromatic carbocycles. The van der Waals surface area contributed by atoms with Gasteiger partial charge in [-0.3, -0.25) is 0 Å². The highest BCUT2D eigenvalue weighted by Gasteiger charge is 2.22. The Bertz CT molecular complexity index is 6830. The molecule has 106 heavy (non-hydrogen) atoms. The Morgan fingerprint density at radius 1 is 0.160 bits per heavy atom. The molecule has 0 aliphatic carbocycles. The molecule has 0 saturated carbocycles. The fraction of sp³-hybridized carbons (Fsp3) is 0. The van der Waals surface area contributed by atoms with E-state index in [9.17, 15) is 0 Å². The van der Waals surface area contributed by atoms with Crippen LogP contribution < -0.4 is 0 Å². The summed E-state index contributed by atoms with van der Waals surface area (Å²) in [5.41, 5.74) is 22.7. The van der Waals surface area contributed by atoms with Crippen LogP contribution in [-0.2, 0) is 0 Å². The highest BCUT2D eigenvalue weighted by atomic mass is 32.1. The SMILES string of the molecule is c1ccc(-c2ccc(-c3nc(-c4ccc(-c5cccc(-c6cccc(-c7nc(-c8ccccc8)nc(-c8cccc(-c9cccc(-c%10c%11ccccc%11nc%11sc%12ccccc%12c%10%11)c9)c8)n7)c6)c5)cc4)nc(-c4cccc(-c5cccc(-c6c7ccccc7nc7sc8ccccc8c67)c5)c4)n3)cc2)cc1. The zero-order valence-electron chi connectivity index (χ0n) is 56.9. The fourth-order valence-corrected chi connectivity index (χ4v) is 17.0. The van der Waals surface area contributed by atoms with Gasteiger partial charge in [0.1, 0.15) is 9.66 Å². The van der Waals surface area contributed by atoms with Crippen molar-refractivity contribution in [2.45, 2.75) is 0 Å². The van der Waals surface area contributed by atoms with E-state index in [-0.39, 0.29) is 0 Å². The summed E-state index contributed by atoms with van der Waals surface area (Å²) < 4.78 is 2.45. The minimum atomic E-state index is 0.576. The normalized spacial score (nSPS) is 11.6. The molecule has 0 aliphatic rings. The smallest absolute Gasteiger partial charge is 0.164 e. The molecule has 20 aromatic rings. The Morgan fingerprint density at radius 2 is 0.396 bits per heavy atom. The Balaban J connectivity index is 0.620. The van der Waals surface area contributed by atoms with Gasteiger partial charge in [0.05, 0.1) is 11.0 Å². The number of nitrogens with zero attached hydrogens (tertiary/aromatic N) is 8. The maximum absolute atomic E-state index is 5.30. The molecule has 20 rings (SSSR count). The Hall–Kier alpha value is -13.6. The molecule has 494 valence electrons. The van der Waals surface area contributed by atoms with Gasteiger partial charge in [-0.1, -0.05) is 291 Å². The lowest BCUT2D eigenvalue weighted by molar-refractivity contribution is 1.07. The van der Waals surface area contributed by atoms with Crippen LogP contribution in [0.15, 0.2) is 352 Å². The van der Waals surface area contributed by atoms with Gasteiger partial charge >= 0.3 is 0 Å². The Kier molecular flexibility index (Phi) is 15.4. The van der Waals surface area contributed by atoms with E-state index < -0.39 is 0 Å². The van der Waals surface area contributed by atoms with Crippen molar-refractivity contribution in [3.8, 4) is 146 Å². The number of pyridine rings is 2. The third-order valence-electron chi connectivity index (χ3n) is 20.0. The van der Waals surface area contributed by atoms with Crippen LogP contribution in [-0.4, -0.2) is 39.9 Å². The van der Waals surface area contributed by atoms with E-state index in [1.54, 1.807) is 22.7 Å². The lowest BCUT2D eigenvalue weighted by Gasteiger charge is -2.13. The molecule has 0 unspecified atom stereocenters. The lowest BCUT2D eigenvalue weighted by atomic mass is 9.93. The summed E-state index contributed by atoms with van der Waals surface area (Å²) in [7, 11) is 0. The van der Waals surface area contributed by atoms with Gasteiger partial charge < -0.3 is 0 Å². The quantitative estimate of drug-likeness (QED) is 0.112. The first-order valence-electron chi connectivity index (χ1n) is 35.3. The maximum atomic E-state index is 5.30. The van der Waals surface area contributed by atoms with Crippen LogP contribution in [0.3, 0.4) is 0 Å². The molecular formula is C96H58N8S2. The van der Waals surface area contributed by atoms with Gasteiger partial charge in [0.2, 0.25) is 0 Å². The molecule has 0 radical (unpaired) electrons. The van der Waals surface area contributed by atoms with Gasteiger partial charge in [-0.2, -0.15) is 0 Å². The first kappa shape index (κ1) is 62.2. The van der Waals surface area contributed by atoms with Crippen LogP contribution >= 0.6 is 22.7 Å².